The number of ether oxygens (including phenoxy) is 1. The first-order valence-corrected chi connectivity index (χ1v) is 6.77. The smallest absolute Gasteiger partial charge is 0.329 e. The van der Waals surface area contributed by atoms with Crippen molar-refractivity contribution in [1.29, 1.82) is 0 Å². The molecule has 116 valence electrons. The number of nitrogens with one attached hydrogen (secondary N) is 1. The molecule has 2 heterocycles. The topological polar surface area (TPSA) is 92.0 Å². The van der Waals surface area contributed by atoms with Gasteiger partial charge in [-0.05, 0) is 32.9 Å². The van der Waals surface area contributed by atoms with E-state index in [1.54, 1.807) is 11.8 Å². The van der Waals surface area contributed by atoms with Crippen LogP contribution in [-0.2, 0) is 9.53 Å². The first kappa shape index (κ1) is 15.4. The van der Waals surface area contributed by atoms with E-state index < -0.39 is 11.6 Å². The minimum Gasteiger partial charge on any atom is -0.480 e. The molecule has 1 saturated heterocycles. The number of hydrogen-bond donors (Lipinski definition) is 2. The number of likely N-dealkylation sites (tertiary alicyclic amines) is 1. The van der Waals surface area contributed by atoms with Gasteiger partial charge in [-0.3, -0.25) is 0 Å². The van der Waals surface area contributed by atoms with Crippen LogP contribution in [0.15, 0.2) is 16.5 Å². The Hall–Kier alpha value is -2.02. The second-order valence-electron chi connectivity index (χ2n) is 5.61. The van der Waals surface area contributed by atoms with Crippen LogP contribution in [0.25, 0.3) is 0 Å². The summed E-state index contributed by atoms with van der Waals surface area (Å²) >= 11 is 0. The van der Waals surface area contributed by atoms with Gasteiger partial charge in [-0.25, -0.2) is 9.59 Å². The van der Waals surface area contributed by atoms with Crippen LogP contribution < -0.4 is 5.32 Å². The maximum Gasteiger partial charge on any atom is 0.329 e. The molecule has 0 saturated carbocycles. The van der Waals surface area contributed by atoms with E-state index in [-0.39, 0.29) is 18.7 Å². The molecular formula is C14H20N2O5. The fourth-order valence-corrected chi connectivity index (χ4v) is 2.27. The van der Waals surface area contributed by atoms with Gasteiger partial charge < -0.3 is 24.5 Å². The molecule has 1 unspecified atom stereocenters. The van der Waals surface area contributed by atoms with Crippen molar-refractivity contribution in [2.45, 2.75) is 32.4 Å². The number of carboxylic acid groups (broad SMARTS) is 1. The Kier molecular flexibility index (Phi) is 4.22. The van der Waals surface area contributed by atoms with E-state index in [2.05, 4.69) is 5.32 Å². The van der Waals surface area contributed by atoms with Gasteiger partial charge >= 0.3 is 12.0 Å². The summed E-state index contributed by atoms with van der Waals surface area (Å²) in [5.74, 6) is 0.483. The Labute approximate surface area is 122 Å². The van der Waals surface area contributed by atoms with Gasteiger partial charge in [0.2, 0.25) is 0 Å². The first-order valence-electron chi connectivity index (χ1n) is 6.77. The summed E-state index contributed by atoms with van der Waals surface area (Å²) in [6, 6.07) is 3.24. The van der Waals surface area contributed by atoms with E-state index in [0.29, 0.717) is 18.8 Å². The molecule has 0 bridgehead atoms. The zero-order valence-electron chi connectivity index (χ0n) is 12.4. The number of urea groups is 1. The maximum absolute atomic E-state index is 12.0. The highest BCUT2D eigenvalue weighted by Crippen LogP contribution is 2.25. The van der Waals surface area contributed by atoms with Gasteiger partial charge in [-0.15, -0.1) is 0 Å². The highest BCUT2D eigenvalue weighted by atomic mass is 16.5. The van der Waals surface area contributed by atoms with E-state index in [1.165, 1.54) is 0 Å². The molecule has 1 aliphatic heterocycles. The molecule has 1 aliphatic rings. The normalized spacial score (nSPS) is 18.0. The molecular weight excluding hydrogens is 276 g/mol. The Morgan fingerprint density at radius 1 is 1.52 bits per heavy atom. The van der Waals surface area contributed by atoms with Gasteiger partial charge in [-0.1, -0.05) is 0 Å². The van der Waals surface area contributed by atoms with Gasteiger partial charge in [0.1, 0.15) is 23.7 Å². The fourth-order valence-electron chi connectivity index (χ4n) is 2.27. The zero-order chi connectivity index (χ0) is 15.6. The molecule has 0 spiro atoms. The molecule has 1 fully saturated rings. The number of amides is 2. The highest BCUT2D eigenvalue weighted by molar-refractivity contribution is 5.76. The first-order chi connectivity index (χ1) is 9.79. The number of nitrogens with zero attached hydrogens (tertiary/aromatic N) is 1. The number of carboxylic acids is 1. The molecule has 0 radical (unpaired) electrons. The minimum absolute atomic E-state index is 0.215. The molecule has 2 N–H and O–H groups in total. The van der Waals surface area contributed by atoms with Crippen molar-refractivity contribution in [1.82, 2.24) is 10.2 Å². The third-order valence-corrected chi connectivity index (χ3v) is 3.41. The van der Waals surface area contributed by atoms with Crippen LogP contribution in [0.2, 0.25) is 0 Å². The molecule has 21 heavy (non-hydrogen) atoms. The summed E-state index contributed by atoms with van der Waals surface area (Å²) in [5, 5.41) is 11.4. The number of aliphatic carboxylic acids is 1. The number of aryl methyl sites for hydroxylation is 1. The summed E-state index contributed by atoms with van der Waals surface area (Å²) in [6.45, 7) is 5.87. The van der Waals surface area contributed by atoms with Crippen LogP contribution in [0.1, 0.15) is 31.4 Å². The zero-order valence-corrected chi connectivity index (χ0v) is 12.4. The third kappa shape index (κ3) is 3.75. The van der Waals surface area contributed by atoms with Crippen molar-refractivity contribution in [3.05, 3.63) is 23.7 Å². The lowest BCUT2D eigenvalue weighted by atomic mass is 9.97. The molecule has 7 heteroatoms. The number of hydrogen-bond acceptors (Lipinski definition) is 4. The molecule has 1 aromatic heterocycles. The second kappa shape index (κ2) is 5.77. The van der Waals surface area contributed by atoms with Crippen LogP contribution in [-0.4, -0.2) is 47.3 Å². The van der Waals surface area contributed by atoms with E-state index in [4.69, 9.17) is 14.3 Å². The van der Waals surface area contributed by atoms with Gasteiger partial charge in [0, 0.05) is 0 Å². The summed E-state index contributed by atoms with van der Waals surface area (Å²) in [4.78, 5) is 24.1. The largest absolute Gasteiger partial charge is 0.480 e. The minimum atomic E-state index is -1.01. The van der Waals surface area contributed by atoms with Gasteiger partial charge in [0.05, 0.1) is 19.1 Å². The van der Waals surface area contributed by atoms with E-state index in [1.807, 2.05) is 26.0 Å². The molecule has 2 amide bonds. The van der Waals surface area contributed by atoms with Crippen LogP contribution in [0.3, 0.4) is 0 Å². The number of carbonyl (C=O) groups is 2. The van der Waals surface area contributed by atoms with Crippen molar-refractivity contribution in [3.8, 4) is 0 Å². The average Bonchev–Trinajstić information content (AvgIpc) is 2.79. The van der Waals surface area contributed by atoms with E-state index >= 15 is 0 Å². The maximum atomic E-state index is 12.0. The molecule has 1 atom stereocenters. The Balaban J connectivity index is 1.79. The average molecular weight is 296 g/mol. The van der Waals surface area contributed by atoms with Crippen molar-refractivity contribution >= 4 is 12.0 Å². The predicted octanol–water partition coefficient (Wildman–Crippen LogP) is 1.53. The van der Waals surface area contributed by atoms with E-state index in [9.17, 15) is 9.59 Å². The van der Waals surface area contributed by atoms with Crippen LogP contribution >= 0.6 is 0 Å². The number of rotatable bonds is 5. The quantitative estimate of drug-likeness (QED) is 0.859. The molecule has 0 aliphatic carbocycles. The summed E-state index contributed by atoms with van der Waals surface area (Å²) in [5.41, 5.74) is -0.583. The Morgan fingerprint density at radius 2 is 2.19 bits per heavy atom. The monoisotopic (exact) mass is 296 g/mol. The third-order valence-electron chi connectivity index (χ3n) is 3.41. The molecule has 0 aromatic carbocycles. The van der Waals surface area contributed by atoms with Crippen LogP contribution in [0.5, 0.6) is 0 Å². The summed E-state index contributed by atoms with van der Waals surface area (Å²) in [7, 11) is 0. The van der Waals surface area contributed by atoms with Gasteiger partial charge in [0.15, 0.2) is 0 Å². The van der Waals surface area contributed by atoms with Crippen LogP contribution in [0.4, 0.5) is 4.79 Å². The lowest BCUT2D eigenvalue weighted by molar-refractivity contribution is -0.159. The number of furan rings is 1. The van der Waals surface area contributed by atoms with E-state index in [0.717, 1.165) is 5.76 Å². The van der Waals surface area contributed by atoms with Crippen LogP contribution in [0, 0.1) is 6.92 Å². The standard InChI is InChI=1S/C14H20N2O5/c1-9-4-5-11(21-9)10(2)15-13(19)16-7-14(3,8-16)20-6-12(17)18/h4-5,10H,6-8H2,1-3H3,(H,15,19)(H,17,18). The van der Waals surface area contributed by atoms with Crippen molar-refractivity contribution in [2.24, 2.45) is 0 Å². The second-order valence-corrected chi connectivity index (χ2v) is 5.61. The van der Waals surface area contributed by atoms with Gasteiger partial charge in [0.25, 0.3) is 0 Å². The van der Waals surface area contributed by atoms with Crippen molar-refractivity contribution in [3.63, 3.8) is 0 Å². The molecule has 2 rings (SSSR count). The Morgan fingerprint density at radius 3 is 2.71 bits per heavy atom. The highest BCUT2D eigenvalue weighted by Gasteiger charge is 2.43. The Bertz CT molecular complexity index is 533. The summed E-state index contributed by atoms with van der Waals surface area (Å²) in [6.07, 6.45) is 0. The molecule has 1 aromatic rings. The lowest BCUT2D eigenvalue weighted by Gasteiger charge is -2.47. The van der Waals surface area contributed by atoms with Crippen molar-refractivity contribution < 1.29 is 23.8 Å². The lowest BCUT2D eigenvalue weighted by Crippen LogP contribution is -2.65. The number of carbonyl (C=O) groups excluding carboxylic acids is 1. The summed E-state index contributed by atoms with van der Waals surface area (Å²) < 4.78 is 10.7. The molecule has 7 nitrogen and oxygen atoms in total. The van der Waals surface area contributed by atoms with Gasteiger partial charge in [-0.2, -0.15) is 0 Å². The fraction of sp³-hybridized carbons (Fsp3) is 0.571. The SMILES string of the molecule is Cc1ccc(C(C)NC(=O)N2CC(C)(OCC(=O)O)C2)o1. The van der Waals surface area contributed by atoms with Crippen molar-refractivity contribution in [2.75, 3.05) is 19.7 Å². The predicted molar refractivity (Wildman–Crippen MR) is 74.0 cm³/mol.